The third-order valence-corrected chi connectivity index (χ3v) is 12.8. The van der Waals surface area contributed by atoms with Gasteiger partial charge in [-0.2, -0.15) is 0 Å². The second kappa shape index (κ2) is 15.3. The summed E-state index contributed by atoms with van der Waals surface area (Å²) in [5.74, 6) is 0. The van der Waals surface area contributed by atoms with E-state index in [-0.39, 0.29) is 0 Å². The first-order valence-electron chi connectivity index (χ1n) is 20.5. The molecule has 0 saturated heterocycles. The van der Waals surface area contributed by atoms with Crippen LogP contribution in [-0.2, 0) is 0 Å². The monoisotopic (exact) mass is 781 g/mol. The van der Waals surface area contributed by atoms with E-state index in [0.717, 1.165) is 22.6 Å². The van der Waals surface area contributed by atoms with Gasteiger partial charge in [-0.15, -0.1) is 11.3 Å². The summed E-state index contributed by atoms with van der Waals surface area (Å²) in [5.41, 5.74) is 15.3. The number of benzene rings is 10. The molecule has 0 saturated carbocycles. The topological polar surface area (TPSA) is 3.24 Å². The molecule has 0 aliphatic rings. The quantitative estimate of drug-likeness (QED) is 0.148. The summed E-state index contributed by atoms with van der Waals surface area (Å²) in [5, 5.41) is 5.15. The molecule has 282 valence electrons. The first-order valence-corrected chi connectivity index (χ1v) is 21.3. The zero-order valence-electron chi connectivity index (χ0n) is 32.9. The summed E-state index contributed by atoms with van der Waals surface area (Å²) < 4.78 is 2.63. The van der Waals surface area contributed by atoms with Crippen LogP contribution in [0.15, 0.2) is 237 Å². The summed E-state index contributed by atoms with van der Waals surface area (Å²) in [4.78, 5) is 2.42. The van der Waals surface area contributed by atoms with E-state index in [9.17, 15) is 0 Å². The van der Waals surface area contributed by atoms with Crippen LogP contribution in [0.3, 0.4) is 0 Å². The standard InChI is InChI=1S/C58H39NS/c1-2-14-40(15-3-1)41-30-32-43(33-31-41)52-23-6-8-27-55(52)59(48-36-34-44(35-37-48)53-26-13-29-57-58(53)54-24-7-9-28-56(54)60-57)49-21-11-19-46(39-49)45-18-10-20-47(38-45)51-25-12-17-42-16-4-5-22-50(42)51/h1-39H. The Morgan fingerprint density at radius 2 is 0.817 bits per heavy atom. The SMILES string of the molecule is c1ccc(-c2ccc(-c3ccccc3N(c3ccc(-c4cccc5sc6ccccc6c45)cc3)c3cccc(-c4cccc(-c5cccc6ccccc56)c4)c3)cc2)cc1. The molecule has 1 aromatic heterocycles. The van der Waals surface area contributed by atoms with E-state index in [1.807, 2.05) is 11.3 Å². The molecule has 0 radical (unpaired) electrons. The van der Waals surface area contributed by atoms with Crippen molar-refractivity contribution in [2.75, 3.05) is 4.90 Å². The molecule has 0 spiro atoms. The third kappa shape index (κ3) is 6.54. The maximum atomic E-state index is 2.42. The number of anilines is 3. The second-order valence-electron chi connectivity index (χ2n) is 15.3. The van der Waals surface area contributed by atoms with Crippen LogP contribution in [0, 0.1) is 0 Å². The Morgan fingerprint density at radius 3 is 1.68 bits per heavy atom. The number of fused-ring (bicyclic) bond motifs is 4. The highest BCUT2D eigenvalue weighted by atomic mass is 32.1. The zero-order valence-corrected chi connectivity index (χ0v) is 33.7. The van der Waals surface area contributed by atoms with Crippen LogP contribution in [0.2, 0.25) is 0 Å². The van der Waals surface area contributed by atoms with Crippen LogP contribution in [0.5, 0.6) is 0 Å². The van der Waals surface area contributed by atoms with Gasteiger partial charge < -0.3 is 4.90 Å². The number of hydrogen-bond acceptors (Lipinski definition) is 2. The van der Waals surface area contributed by atoms with E-state index in [1.165, 1.54) is 81.0 Å². The van der Waals surface area contributed by atoms with Crippen molar-refractivity contribution in [3.05, 3.63) is 237 Å². The van der Waals surface area contributed by atoms with Crippen LogP contribution in [-0.4, -0.2) is 0 Å². The maximum Gasteiger partial charge on any atom is 0.0540 e. The fourth-order valence-electron chi connectivity index (χ4n) is 8.79. The Morgan fingerprint density at radius 1 is 0.283 bits per heavy atom. The maximum absolute atomic E-state index is 2.42. The fourth-order valence-corrected chi connectivity index (χ4v) is 9.92. The van der Waals surface area contributed by atoms with Crippen LogP contribution in [0.25, 0.3) is 86.6 Å². The van der Waals surface area contributed by atoms with Crippen molar-refractivity contribution in [1.29, 1.82) is 0 Å². The van der Waals surface area contributed by atoms with E-state index in [4.69, 9.17) is 0 Å². The van der Waals surface area contributed by atoms with Gasteiger partial charge in [0.25, 0.3) is 0 Å². The number of thiophene rings is 1. The van der Waals surface area contributed by atoms with Gasteiger partial charge in [0.05, 0.1) is 5.69 Å². The lowest BCUT2D eigenvalue weighted by molar-refractivity contribution is 1.28. The Balaban J connectivity index is 1.04. The summed E-state index contributed by atoms with van der Waals surface area (Å²) in [6, 6.07) is 86.1. The minimum Gasteiger partial charge on any atom is -0.310 e. The van der Waals surface area contributed by atoms with Gasteiger partial charge in [0.15, 0.2) is 0 Å². The average Bonchev–Trinajstić information content (AvgIpc) is 3.72. The van der Waals surface area contributed by atoms with E-state index >= 15 is 0 Å². The number of rotatable bonds is 8. The van der Waals surface area contributed by atoms with Crippen LogP contribution in [0.4, 0.5) is 17.1 Å². The fraction of sp³-hybridized carbons (Fsp3) is 0. The van der Waals surface area contributed by atoms with Gasteiger partial charge in [0.2, 0.25) is 0 Å². The van der Waals surface area contributed by atoms with Gasteiger partial charge in [-0.25, -0.2) is 0 Å². The normalized spacial score (nSPS) is 11.3. The number of nitrogens with zero attached hydrogens (tertiary/aromatic N) is 1. The first kappa shape index (κ1) is 35.6. The summed E-state index contributed by atoms with van der Waals surface area (Å²) in [6.07, 6.45) is 0. The van der Waals surface area contributed by atoms with Crippen molar-refractivity contribution in [2.24, 2.45) is 0 Å². The molecule has 0 unspecified atom stereocenters. The summed E-state index contributed by atoms with van der Waals surface area (Å²) >= 11 is 1.86. The predicted molar refractivity (Wildman–Crippen MR) is 259 cm³/mol. The lowest BCUT2D eigenvalue weighted by atomic mass is 9.95. The minimum absolute atomic E-state index is 1.09. The molecule has 0 bridgehead atoms. The highest BCUT2D eigenvalue weighted by Gasteiger charge is 2.19. The molecule has 11 aromatic rings. The van der Waals surface area contributed by atoms with Crippen molar-refractivity contribution in [2.45, 2.75) is 0 Å². The highest BCUT2D eigenvalue weighted by Crippen LogP contribution is 2.45. The van der Waals surface area contributed by atoms with Gasteiger partial charge in [0.1, 0.15) is 0 Å². The molecule has 2 heteroatoms. The molecule has 60 heavy (non-hydrogen) atoms. The Hall–Kier alpha value is -7.52. The van der Waals surface area contributed by atoms with Gasteiger partial charge in [-0.05, 0) is 109 Å². The molecule has 0 aliphatic heterocycles. The molecule has 10 aromatic carbocycles. The van der Waals surface area contributed by atoms with Gasteiger partial charge >= 0.3 is 0 Å². The van der Waals surface area contributed by atoms with Crippen molar-refractivity contribution in [1.82, 2.24) is 0 Å². The lowest BCUT2D eigenvalue weighted by Crippen LogP contribution is -2.11. The minimum atomic E-state index is 1.09. The van der Waals surface area contributed by atoms with Crippen molar-refractivity contribution in [3.8, 4) is 55.6 Å². The highest BCUT2D eigenvalue weighted by molar-refractivity contribution is 7.25. The molecule has 1 nitrogen and oxygen atoms in total. The van der Waals surface area contributed by atoms with E-state index in [2.05, 4.69) is 241 Å². The third-order valence-electron chi connectivity index (χ3n) is 11.7. The van der Waals surface area contributed by atoms with Crippen LogP contribution in [0.1, 0.15) is 0 Å². The van der Waals surface area contributed by atoms with Crippen LogP contribution >= 0.6 is 11.3 Å². The van der Waals surface area contributed by atoms with Gasteiger partial charge in [-0.1, -0.05) is 188 Å². The van der Waals surface area contributed by atoms with Crippen molar-refractivity contribution >= 4 is 59.3 Å². The Kier molecular flexibility index (Phi) is 9.11. The first-order chi connectivity index (χ1) is 29.7. The Labute approximate surface area is 354 Å². The molecule has 11 rings (SSSR count). The average molecular weight is 782 g/mol. The van der Waals surface area contributed by atoms with Gasteiger partial charge in [-0.3, -0.25) is 0 Å². The molecule has 0 amide bonds. The molecule has 0 atom stereocenters. The molecule has 0 fully saturated rings. The molecular formula is C58H39NS. The lowest BCUT2D eigenvalue weighted by Gasteiger charge is -2.28. The van der Waals surface area contributed by atoms with Crippen LogP contribution < -0.4 is 4.90 Å². The van der Waals surface area contributed by atoms with Gasteiger partial charge in [0, 0.05) is 37.1 Å². The molecule has 0 aliphatic carbocycles. The number of para-hydroxylation sites is 1. The van der Waals surface area contributed by atoms with E-state index in [1.54, 1.807) is 0 Å². The molecule has 0 N–H and O–H groups in total. The largest absolute Gasteiger partial charge is 0.310 e. The second-order valence-corrected chi connectivity index (χ2v) is 16.4. The van der Waals surface area contributed by atoms with Crippen molar-refractivity contribution < 1.29 is 0 Å². The van der Waals surface area contributed by atoms with Crippen molar-refractivity contribution in [3.63, 3.8) is 0 Å². The summed E-state index contributed by atoms with van der Waals surface area (Å²) in [7, 11) is 0. The van der Waals surface area contributed by atoms with E-state index < -0.39 is 0 Å². The smallest absolute Gasteiger partial charge is 0.0540 e. The zero-order chi connectivity index (χ0) is 39.8. The summed E-state index contributed by atoms with van der Waals surface area (Å²) in [6.45, 7) is 0. The number of hydrogen-bond donors (Lipinski definition) is 0. The molecule has 1 heterocycles. The van der Waals surface area contributed by atoms with E-state index in [0.29, 0.717) is 0 Å². The molecular weight excluding hydrogens is 743 g/mol. The Bertz CT molecular complexity index is 3300. The predicted octanol–water partition coefficient (Wildman–Crippen LogP) is 17.0.